The molecule has 2 rings (SSSR count). The van der Waals surface area contributed by atoms with Crippen LogP contribution in [-0.2, 0) is 11.2 Å². The van der Waals surface area contributed by atoms with Crippen LogP contribution >= 0.6 is 0 Å². The van der Waals surface area contributed by atoms with Crippen molar-refractivity contribution in [2.45, 2.75) is 12.1 Å². The molecule has 2 aromatic rings. The van der Waals surface area contributed by atoms with E-state index in [-0.39, 0.29) is 0 Å². The number of hydrogen-bond acceptors (Lipinski definition) is 3. The van der Waals surface area contributed by atoms with E-state index in [1.807, 2.05) is 25.1 Å². The summed E-state index contributed by atoms with van der Waals surface area (Å²) >= 11 is -1.04. The van der Waals surface area contributed by atoms with Gasteiger partial charge in [0.25, 0.3) is 0 Å². The Balaban J connectivity index is 2.46. The normalized spacial score (nSPS) is 13.0. The van der Waals surface area contributed by atoms with Gasteiger partial charge in [0.05, 0.1) is 18.1 Å². The molecule has 0 bridgehead atoms. The number of fused-ring (bicyclic) bond motifs is 1. The molecule has 0 aliphatic carbocycles. The third kappa shape index (κ3) is 1.93. The van der Waals surface area contributed by atoms with Crippen molar-refractivity contribution in [1.82, 2.24) is 9.97 Å². The predicted octanol–water partition coefficient (Wildman–Crippen LogP) is 1.70. The van der Waals surface area contributed by atoms with Gasteiger partial charge < -0.3 is 9.29 Å². The van der Waals surface area contributed by atoms with Crippen molar-refractivity contribution in [3.8, 4) is 5.75 Å². The Kier molecular flexibility index (Phi) is 2.83. The smallest absolute Gasteiger partial charge is 0.321 e. The van der Waals surface area contributed by atoms with Crippen LogP contribution in [0.4, 0.5) is 0 Å². The summed E-state index contributed by atoms with van der Waals surface area (Å²) in [5.74, 6) is 1.32. The molecule has 1 N–H and O–H groups in total. The van der Waals surface area contributed by atoms with Crippen LogP contribution < -0.4 is 4.74 Å². The van der Waals surface area contributed by atoms with Crippen LogP contribution in [0.2, 0.25) is 0 Å². The lowest BCUT2D eigenvalue weighted by Crippen LogP contribution is -2.05. The maximum Gasteiger partial charge on any atom is 0.321 e. The van der Waals surface area contributed by atoms with Crippen molar-refractivity contribution in [3.63, 3.8) is 0 Å². The van der Waals surface area contributed by atoms with E-state index in [4.69, 9.17) is 4.74 Å². The first kappa shape index (κ1) is 10.3. The molecule has 5 heteroatoms. The lowest BCUT2D eigenvalue weighted by atomic mass is 10.3. The minimum absolute atomic E-state index is 0.528. The van der Waals surface area contributed by atoms with Crippen molar-refractivity contribution in [1.29, 1.82) is 0 Å². The Morgan fingerprint density at radius 2 is 2.33 bits per heavy atom. The van der Waals surface area contributed by atoms with Crippen LogP contribution in [0.5, 0.6) is 5.75 Å². The molecule has 0 amide bonds. The van der Waals surface area contributed by atoms with E-state index in [2.05, 4.69) is 9.97 Å². The van der Waals surface area contributed by atoms with E-state index < -0.39 is 11.2 Å². The molecule has 15 heavy (non-hydrogen) atoms. The van der Waals surface area contributed by atoms with Gasteiger partial charge in [0, 0.05) is 17.2 Å². The van der Waals surface area contributed by atoms with Gasteiger partial charge >= 0.3 is 5.16 Å². The molecule has 1 unspecified atom stereocenters. The van der Waals surface area contributed by atoms with Crippen LogP contribution in [0.25, 0.3) is 11.0 Å². The van der Waals surface area contributed by atoms with Crippen molar-refractivity contribution in [2.24, 2.45) is 0 Å². The topological polar surface area (TPSA) is 61.0 Å². The van der Waals surface area contributed by atoms with E-state index in [0.29, 0.717) is 10.9 Å². The molecular weight excluding hydrogens is 212 g/mol. The number of nitrogens with one attached hydrogen (secondary N) is 1. The SMILES string of the molecule is CC[S+]([O-])c1nc2cc(OC)ccc2[nH]1. The van der Waals surface area contributed by atoms with Gasteiger partial charge in [-0.15, -0.1) is 0 Å². The van der Waals surface area contributed by atoms with Gasteiger partial charge in [-0.05, 0) is 19.1 Å². The molecule has 80 valence electrons. The fourth-order valence-corrected chi connectivity index (χ4v) is 2.03. The fraction of sp³-hybridized carbons (Fsp3) is 0.300. The third-order valence-electron chi connectivity index (χ3n) is 2.15. The molecule has 0 aliphatic heterocycles. The van der Waals surface area contributed by atoms with E-state index in [1.165, 1.54) is 0 Å². The van der Waals surface area contributed by atoms with Crippen molar-refractivity contribution in [3.05, 3.63) is 18.2 Å². The number of rotatable bonds is 3. The number of aromatic amines is 1. The second-order valence-corrected chi connectivity index (χ2v) is 4.71. The zero-order valence-corrected chi connectivity index (χ0v) is 9.43. The van der Waals surface area contributed by atoms with Crippen molar-refractivity contribution < 1.29 is 9.29 Å². The summed E-state index contributed by atoms with van der Waals surface area (Å²) in [6.45, 7) is 1.86. The molecule has 0 saturated carbocycles. The zero-order chi connectivity index (χ0) is 10.8. The third-order valence-corrected chi connectivity index (χ3v) is 3.30. The van der Waals surface area contributed by atoms with Gasteiger partial charge in [-0.3, -0.25) is 4.98 Å². The van der Waals surface area contributed by atoms with E-state index in [0.717, 1.165) is 16.8 Å². The Bertz CT molecular complexity index is 469. The molecule has 1 aromatic carbocycles. The summed E-state index contributed by atoms with van der Waals surface area (Å²) in [5.41, 5.74) is 1.67. The van der Waals surface area contributed by atoms with Crippen LogP contribution in [-0.4, -0.2) is 27.4 Å². The Morgan fingerprint density at radius 1 is 1.53 bits per heavy atom. The number of hydrogen-bond donors (Lipinski definition) is 1. The first-order chi connectivity index (χ1) is 7.24. The van der Waals surface area contributed by atoms with Crippen molar-refractivity contribution in [2.75, 3.05) is 12.9 Å². The minimum atomic E-state index is -1.04. The van der Waals surface area contributed by atoms with Gasteiger partial charge in [0.1, 0.15) is 11.5 Å². The van der Waals surface area contributed by atoms with Gasteiger partial charge in [-0.1, -0.05) is 0 Å². The average molecular weight is 224 g/mol. The molecule has 0 fully saturated rings. The number of methoxy groups -OCH3 is 1. The summed E-state index contributed by atoms with van der Waals surface area (Å²) in [5, 5.41) is 0.528. The van der Waals surface area contributed by atoms with Gasteiger partial charge in [-0.2, -0.15) is 4.98 Å². The number of H-pyrrole nitrogens is 1. The maximum absolute atomic E-state index is 11.5. The second-order valence-electron chi connectivity index (χ2n) is 3.06. The van der Waals surface area contributed by atoms with Crippen LogP contribution in [0.3, 0.4) is 0 Å². The minimum Gasteiger partial charge on any atom is -0.609 e. The highest BCUT2D eigenvalue weighted by Crippen LogP contribution is 2.20. The largest absolute Gasteiger partial charge is 0.609 e. The molecule has 1 aromatic heterocycles. The Morgan fingerprint density at radius 3 is 3.00 bits per heavy atom. The highest BCUT2D eigenvalue weighted by Gasteiger charge is 2.13. The number of ether oxygens (including phenoxy) is 1. The van der Waals surface area contributed by atoms with E-state index >= 15 is 0 Å². The Labute approximate surface area is 90.8 Å². The van der Waals surface area contributed by atoms with Crippen LogP contribution in [0.1, 0.15) is 6.92 Å². The molecule has 0 aliphatic rings. The number of imidazole rings is 1. The summed E-state index contributed by atoms with van der Waals surface area (Å²) in [7, 11) is 1.61. The van der Waals surface area contributed by atoms with Gasteiger partial charge in [0.15, 0.2) is 0 Å². The first-order valence-corrected chi connectivity index (χ1v) is 5.98. The average Bonchev–Trinajstić information content (AvgIpc) is 2.70. The fourth-order valence-electron chi connectivity index (χ4n) is 1.33. The number of benzene rings is 1. The number of nitrogens with zero attached hydrogens (tertiary/aromatic N) is 1. The van der Waals surface area contributed by atoms with Crippen LogP contribution in [0, 0.1) is 0 Å². The highest BCUT2D eigenvalue weighted by molar-refractivity contribution is 7.91. The molecule has 1 heterocycles. The molecule has 0 spiro atoms. The first-order valence-electron chi connectivity index (χ1n) is 4.66. The summed E-state index contributed by atoms with van der Waals surface area (Å²) in [6, 6.07) is 5.54. The van der Waals surface area contributed by atoms with E-state index in [1.54, 1.807) is 7.11 Å². The lowest BCUT2D eigenvalue weighted by molar-refractivity contribution is 0.415. The quantitative estimate of drug-likeness (QED) is 0.807. The predicted molar refractivity (Wildman–Crippen MR) is 59.6 cm³/mol. The Hall–Kier alpha value is -1.20. The lowest BCUT2D eigenvalue weighted by Gasteiger charge is -2.01. The highest BCUT2D eigenvalue weighted by atomic mass is 32.2. The van der Waals surface area contributed by atoms with Crippen molar-refractivity contribution >= 4 is 22.2 Å². The zero-order valence-electron chi connectivity index (χ0n) is 8.61. The molecule has 0 saturated heterocycles. The van der Waals surface area contributed by atoms with Gasteiger partial charge in [-0.25, -0.2) is 0 Å². The monoisotopic (exact) mass is 224 g/mol. The molecule has 4 nitrogen and oxygen atoms in total. The molecule has 1 atom stereocenters. The summed E-state index contributed by atoms with van der Waals surface area (Å²) in [4.78, 5) is 7.29. The number of aromatic nitrogens is 2. The molecular formula is C10H12N2O2S. The second kappa shape index (κ2) is 4.12. The van der Waals surface area contributed by atoms with Crippen LogP contribution in [0.15, 0.2) is 23.4 Å². The summed E-state index contributed by atoms with van der Waals surface area (Å²) in [6.07, 6.45) is 0. The maximum atomic E-state index is 11.5. The van der Waals surface area contributed by atoms with E-state index in [9.17, 15) is 4.55 Å². The molecule has 0 radical (unpaired) electrons. The standard InChI is InChI=1S/C10H12N2O2S/c1-3-15(13)10-11-8-5-4-7(14-2)6-9(8)12-10/h4-6H,3H2,1-2H3,(H,11,12). The van der Waals surface area contributed by atoms with Gasteiger partial charge in [0.2, 0.25) is 0 Å². The summed E-state index contributed by atoms with van der Waals surface area (Å²) < 4.78 is 16.6.